The van der Waals surface area contributed by atoms with Gasteiger partial charge in [0.1, 0.15) is 5.78 Å². The van der Waals surface area contributed by atoms with E-state index in [-0.39, 0.29) is 17.7 Å². The Morgan fingerprint density at radius 2 is 1.64 bits per heavy atom. The first-order valence-corrected chi connectivity index (χ1v) is 9.44. The summed E-state index contributed by atoms with van der Waals surface area (Å²) in [7, 11) is 1.40. The van der Waals surface area contributed by atoms with Crippen LogP contribution in [0.15, 0.2) is 43.0 Å². The molecule has 0 aliphatic carbocycles. The number of unbranched alkanes of at least 4 members (excludes halogenated alkanes) is 6. The first-order chi connectivity index (χ1) is 12.2. The molecular weight excluding hydrogens is 312 g/mol. The van der Waals surface area contributed by atoms with Gasteiger partial charge in [0.15, 0.2) is 0 Å². The first kappa shape index (κ1) is 21.1. The molecule has 0 bridgehead atoms. The van der Waals surface area contributed by atoms with Crippen molar-refractivity contribution in [3.05, 3.63) is 48.6 Å². The van der Waals surface area contributed by atoms with Crippen LogP contribution in [0, 0.1) is 0 Å². The highest BCUT2D eigenvalue weighted by molar-refractivity contribution is 5.81. The molecule has 0 amide bonds. The second-order valence-corrected chi connectivity index (χ2v) is 6.51. The van der Waals surface area contributed by atoms with Gasteiger partial charge in [-0.15, -0.1) is 6.58 Å². The van der Waals surface area contributed by atoms with Crippen molar-refractivity contribution in [2.45, 2.75) is 70.1 Å². The van der Waals surface area contributed by atoms with Crippen molar-refractivity contribution in [1.82, 2.24) is 0 Å². The number of benzene rings is 1. The maximum atomic E-state index is 12.1. The number of esters is 1. The van der Waals surface area contributed by atoms with Crippen LogP contribution in [-0.2, 0) is 14.3 Å². The fraction of sp³-hybridized carbons (Fsp3) is 0.545. The Balaban J connectivity index is 2.24. The van der Waals surface area contributed by atoms with Crippen molar-refractivity contribution < 1.29 is 14.3 Å². The standard InChI is InChI=1S/C22H32O3/c1-3-4-5-6-7-8-9-13-16-20(23)17-18-21(22(24)25-2)19-14-11-10-12-15-19/h3,10-12,14-15,21H,1,4-9,13,16-18H2,2H3. The van der Waals surface area contributed by atoms with E-state index < -0.39 is 0 Å². The Morgan fingerprint density at radius 1 is 1.00 bits per heavy atom. The summed E-state index contributed by atoms with van der Waals surface area (Å²) in [4.78, 5) is 24.1. The molecule has 1 rings (SSSR count). The highest BCUT2D eigenvalue weighted by Crippen LogP contribution is 2.23. The molecule has 0 heterocycles. The number of Topliss-reactive ketones (excluding diaryl/α,β-unsaturated/α-hetero) is 1. The zero-order valence-corrected chi connectivity index (χ0v) is 15.5. The van der Waals surface area contributed by atoms with Crippen molar-refractivity contribution in [1.29, 1.82) is 0 Å². The maximum absolute atomic E-state index is 12.1. The predicted molar refractivity (Wildman–Crippen MR) is 103 cm³/mol. The molecule has 1 unspecified atom stereocenters. The van der Waals surface area contributed by atoms with Gasteiger partial charge in [-0.2, -0.15) is 0 Å². The third-order valence-electron chi connectivity index (χ3n) is 4.51. The Hall–Kier alpha value is -1.90. The van der Waals surface area contributed by atoms with E-state index in [9.17, 15) is 9.59 Å². The summed E-state index contributed by atoms with van der Waals surface area (Å²) in [6, 6.07) is 9.56. The minimum absolute atomic E-state index is 0.247. The summed E-state index contributed by atoms with van der Waals surface area (Å²) in [5.41, 5.74) is 0.918. The van der Waals surface area contributed by atoms with Crippen LogP contribution in [0.2, 0.25) is 0 Å². The molecule has 0 saturated heterocycles. The zero-order chi connectivity index (χ0) is 18.3. The topological polar surface area (TPSA) is 43.4 Å². The van der Waals surface area contributed by atoms with Crippen molar-refractivity contribution in [2.24, 2.45) is 0 Å². The van der Waals surface area contributed by atoms with E-state index in [2.05, 4.69) is 6.58 Å². The molecule has 138 valence electrons. The molecule has 0 aromatic heterocycles. The molecule has 3 heteroatoms. The SMILES string of the molecule is C=CCCCCCCCCC(=O)CCC(C(=O)OC)c1ccccc1. The Kier molecular flexibility index (Phi) is 11.3. The smallest absolute Gasteiger partial charge is 0.313 e. The molecule has 0 aliphatic rings. The number of carbonyl (C=O) groups excluding carboxylic acids is 2. The average Bonchev–Trinajstić information content (AvgIpc) is 2.64. The zero-order valence-electron chi connectivity index (χ0n) is 15.5. The molecule has 0 saturated carbocycles. The minimum Gasteiger partial charge on any atom is -0.469 e. The number of allylic oxidation sites excluding steroid dienone is 1. The highest BCUT2D eigenvalue weighted by Gasteiger charge is 2.21. The Morgan fingerprint density at radius 3 is 2.28 bits per heavy atom. The number of hydrogen-bond acceptors (Lipinski definition) is 3. The predicted octanol–water partition coefficient (Wildman–Crippen LogP) is 5.60. The first-order valence-electron chi connectivity index (χ1n) is 9.44. The average molecular weight is 344 g/mol. The van der Waals surface area contributed by atoms with Crippen LogP contribution in [0.5, 0.6) is 0 Å². The van der Waals surface area contributed by atoms with Gasteiger partial charge in [-0.05, 0) is 31.2 Å². The molecule has 1 aromatic rings. The van der Waals surface area contributed by atoms with Gasteiger partial charge in [0.05, 0.1) is 13.0 Å². The summed E-state index contributed by atoms with van der Waals surface area (Å²) in [6.07, 6.45) is 11.6. The van der Waals surface area contributed by atoms with Gasteiger partial charge in [0.25, 0.3) is 0 Å². The number of ketones is 1. The molecule has 1 atom stereocenters. The monoisotopic (exact) mass is 344 g/mol. The van der Waals surface area contributed by atoms with Crippen LogP contribution in [0.25, 0.3) is 0 Å². The van der Waals surface area contributed by atoms with Gasteiger partial charge in [-0.25, -0.2) is 0 Å². The van der Waals surface area contributed by atoms with Gasteiger partial charge in [-0.3, -0.25) is 9.59 Å². The van der Waals surface area contributed by atoms with Crippen LogP contribution in [0.1, 0.15) is 75.7 Å². The summed E-state index contributed by atoms with van der Waals surface area (Å²) in [5, 5.41) is 0. The summed E-state index contributed by atoms with van der Waals surface area (Å²) in [6.45, 7) is 3.73. The van der Waals surface area contributed by atoms with Crippen LogP contribution < -0.4 is 0 Å². The van der Waals surface area contributed by atoms with E-state index in [1.807, 2.05) is 36.4 Å². The summed E-state index contributed by atoms with van der Waals surface area (Å²) < 4.78 is 4.90. The number of ether oxygens (including phenoxy) is 1. The van der Waals surface area contributed by atoms with Crippen LogP contribution in [0.4, 0.5) is 0 Å². The van der Waals surface area contributed by atoms with E-state index in [1.54, 1.807) is 0 Å². The lowest BCUT2D eigenvalue weighted by Crippen LogP contribution is -2.15. The normalized spacial score (nSPS) is 11.7. The number of rotatable bonds is 14. The number of methoxy groups -OCH3 is 1. The van der Waals surface area contributed by atoms with Crippen LogP contribution in [-0.4, -0.2) is 18.9 Å². The molecule has 3 nitrogen and oxygen atoms in total. The van der Waals surface area contributed by atoms with E-state index in [0.29, 0.717) is 19.3 Å². The molecular formula is C22H32O3. The third kappa shape index (κ3) is 9.23. The van der Waals surface area contributed by atoms with Gasteiger partial charge >= 0.3 is 5.97 Å². The lowest BCUT2D eigenvalue weighted by atomic mass is 9.92. The summed E-state index contributed by atoms with van der Waals surface area (Å²) >= 11 is 0. The molecule has 0 radical (unpaired) electrons. The minimum atomic E-state index is -0.347. The van der Waals surface area contributed by atoms with Gasteiger partial charge in [0, 0.05) is 12.8 Å². The molecule has 0 fully saturated rings. The Bertz CT molecular complexity index is 507. The Labute approximate surface area is 152 Å². The van der Waals surface area contributed by atoms with Crippen molar-refractivity contribution in [3.63, 3.8) is 0 Å². The van der Waals surface area contributed by atoms with Crippen LogP contribution in [0.3, 0.4) is 0 Å². The number of hydrogen-bond donors (Lipinski definition) is 0. The second kappa shape index (κ2) is 13.4. The maximum Gasteiger partial charge on any atom is 0.313 e. The molecule has 25 heavy (non-hydrogen) atoms. The fourth-order valence-electron chi connectivity index (χ4n) is 3.00. The highest BCUT2D eigenvalue weighted by atomic mass is 16.5. The van der Waals surface area contributed by atoms with Crippen molar-refractivity contribution >= 4 is 11.8 Å². The lowest BCUT2D eigenvalue weighted by Gasteiger charge is -2.14. The van der Waals surface area contributed by atoms with Crippen LogP contribution >= 0.6 is 0 Å². The fourth-order valence-corrected chi connectivity index (χ4v) is 3.00. The summed E-state index contributed by atoms with van der Waals surface area (Å²) in [5.74, 6) is -0.366. The molecule has 1 aromatic carbocycles. The van der Waals surface area contributed by atoms with Crippen molar-refractivity contribution in [2.75, 3.05) is 7.11 Å². The molecule has 0 aliphatic heterocycles. The second-order valence-electron chi connectivity index (χ2n) is 6.51. The molecule has 0 spiro atoms. The van der Waals surface area contributed by atoms with E-state index in [4.69, 9.17) is 4.74 Å². The molecule has 0 N–H and O–H groups in total. The van der Waals surface area contributed by atoms with Crippen molar-refractivity contribution in [3.8, 4) is 0 Å². The van der Waals surface area contributed by atoms with E-state index in [0.717, 1.165) is 24.8 Å². The van der Waals surface area contributed by atoms with E-state index >= 15 is 0 Å². The van der Waals surface area contributed by atoms with E-state index in [1.165, 1.54) is 32.8 Å². The largest absolute Gasteiger partial charge is 0.469 e. The number of carbonyl (C=O) groups is 2. The van der Waals surface area contributed by atoms with Gasteiger partial charge in [0.2, 0.25) is 0 Å². The van der Waals surface area contributed by atoms with Gasteiger partial charge in [-0.1, -0.05) is 62.1 Å². The van der Waals surface area contributed by atoms with Gasteiger partial charge < -0.3 is 4.74 Å². The quantitative estimate of drug-likeness (QED) is 0.251. The lowest BCUT2D eigenvalue weighted by molar-refractivity contribution is -0.142. The third-order valence-corrected chi connectivity index (χ3v) is 4.51.